The molecular weight excluding hydrogens is 228 g/mol. The van der Waals surface area contributed by atoms with Crippen molar-refractivity contribution in [2.24, 2.45) is 0 Å². The Labute approximate surface area is 108 Å². The lowest BCUT2D eigenvalue weighted by Gasteiger charge is -2.25. The van der Waals surface area contributed by atoms with Crippen molar-refractivity contribution in [3.8, 4) is 5.75 Å². The average molecular weight is 248 g/mol. The molecule has 1 atom stereocenters. The molecule has 0 amide bonds. The molecule has 0 aliphatic carbocycles. The summed E-state index contributed by atoms with van der Waals surface area (Å²) in [6, 6.07) is 2.03. The fourth-order valence-corrected chi connectivity index (χ4v) is 2.15. The highest BCUT2D eigenvalue weighted by molar-refractivity contribution is 5.37. The van der Waals surface area contributed by atoms with Crippen LogP contribution in [0.25, 0.3) is 0 Å². The van der Waals surface area contributed by atoms with Crippen molar-refractivity contribution < 1.29 is 9.47 Å². The van der Waals surface area contributed by atoms with Crippen LogP contribution in [0.5, 0.6) is 5.75 Å². The normalized spacial score (nSPS) is 16.7. The van der Waals surface area contributed by atoms with E-state index in [1.807, 2.05) is 6.07 Å². The summed E-state index contributed by atoms with van der Waals surface area (Å²) in [6.45, 7) is 3.75. The second kappa shape index (κ2) is 6.40. The monoisotopic (exact) mass is 248 g/mol. The Morgan fingerprint density at radius 1 is 1.56 bits per heavy atom. The average Bonchev–Trinajstić information content (AvgIpc) is 2.46. The van der Waals surface area contributed by atoms with E-state index in [1.54, 1.807) is 19.5 Å². The van der Waals surface area contributed by atoms with E-state index < -0.39 is 0 Å². The number of methoxy groups -OCH3 is 1. The van der Waals surface area contributed by atoms with Gasteiger partial charge in [-0.3, -0.25) is 4.98 Å². The molecule has 1 aliphatic rings. The SMILES string of the molecule is CCNC(C1=CCCCO1)c1ccncc1OC. The number of rotatable bonds is 5. The topological polar surface area (TPSA) is 43.4 Å². The van der Waals surface area contributed by atoms with E-state index in [4.69, 9.17) is 9.47 Å². The number of nitrogens with one attached hydrogen (secondary N) is 1. The van der Waals surface area contributed by atoms with E-state index in [-0.39, 0.29) is 6.04 Å². The van der Waals surface area contributed by atoms with Crippen LogP contribution in [0.1, 0.15) is 31.4 Å². The van der Waals surface area contributed by atoms with Gasteiger partial charge in [0, 0.05) is 11.8 Å². The lowest BCUT2D eigenvalue weighted by atomic mass is 10.0. The predicted molar refractivity (Wildman–Crippen MR) is 70.5 cm³/mol. The Kier molecular flexibility index (Phi) is 4.59. The molecule has 0 bridgehead atoms. The lowest BCUT2D eigenvalue weighted by molar-refractivity contribution is 0.167. The van der Waals surface area contributed by atoms with Crippen LogP contribution in [0, 0.1) is 0 Å². The molecule has 0 aromatic carbocycles. The number of nitrogens with zero attached hydrogens (tertiary/aromatic N) is 1. The van der Waals surface area contributed by atoms with E-state index in [1.165, 1.54) is 0 Å². The van der Waals surface area contributed by atoms with Crippen molar-refractivity contribution in [3.63, 3.8) is 0 Å². The summed E-state index contributed by atoms with van der Waals surface area (Å²) in [5, 5.41) is 3.44. The number of pyridine rings is 1. The lowest BCUT2D eigenvalue weighted by Crippen LogP contribution is -2.25. The Balaban J connectivity index is 2.31. The largest absolute Gasteiger partial charge is 0.496 e. The molecule has 0 radical (unpaired) electrons. The highest BCUT2D eigenvalue weighted by Crippen LogP contribution is 2.31. The molecule has 0 saturated carbocycles. The van der Waals surface area contributed by atoms with E-state index in [0.29, 0.717) is 0 Å². The van der Waals surface area contributed by atoms with Gasteiger partial charge in [-0.05, 0) is 31.5 Å². The predicted octanol–water partition coefficient (Wildman–Crippen LogP) is 2.44. The van der Waals surface area contributed by atoms with E-state index in [2.05, 4.69) is 23.3 Å². The second-order valence-corrected chi connectivity index (χ2v) is 4.21. The minimum Gasteiger partial charge on any atom is -0.496 e. The van der Waals surface area contributed by atoms with Crippen LogP contribution >= 0.6 is 0 Å². The fraction of sp³-hybridized carbons (Fsp3) is 0.500. The molecule has 0 saturated heterocycles. The standard InChI is InChI=1S/C14H20N2O2/c1-3-16-14(12-6-4-5-9-18-12)11-7-8-15-10-13(11)17-2/h6-8,10,14,16H,3-5,9H2,1-2H3. The Morgan fingerprint density at radius 3 is 3.11 bits per heavy atom. The van der Waals surface area contributed by atoms with Crippen LogP contribution in [-0.4, -0.2) is 25.2 Å². The Hall–Kier alpha value is -1.55. The van der Waals surface area contributed by atoms with Crippen molar-refractivity contribution in [3.05, 3.63) is 35.9 Å². The van der Waals surface area contributed by atoms with Crippen molar-refractivity contribution in [2.45, 2.75) is 25.8 Å². The van der Waals surface area contributed by atoms with Crippen molar-refractivity contribution in [1.82, 2.24) is 10.3 Å². The molecule has 98 valence electrons. The number of allylic oxidation sites excluding steroid dienone is 1. The van der Waals surface area contributed by atoms with Gasteiger partial charge in [0.05, 0.1) is 26.0 Å². The van der Waals surface area contributed by atoms with Crippen LogP contribution < -0.4 is 10.1 Å². The zero-order valence-electron chi connectivity index (χ0n) is 11.0. The number of ether oxygens (including phenoxy) is 2. The van der Waals surface area contributed by atoms with Gasteiger partial charge in [-0.25, -0.2) is 0 Å². The van der Waals surface area contributed by atoms with Gasteiger partial charge < -0.3 is 14.8 Å². The summed E-state index contributed by atoms with van der Waals surface area (Å²) in [5.74, 6) is 1.78. The number of hydrogen-bond acceptors (Lipinski definition) is 4. The maximum absolute atomic E-state index is 5.77. The van der Waals surface area contributed by atoms with Gasteiger partial charge in [0.1, 0.15) is 11.5 Å². The number of hydrogen-bond donors (Lipinski definition) is 1. The van der Waals surface area contributed by atoms with Crippen LogP contribution in [0.15, 0.2) is 30.3 Å². The van der Waals surface area contributed by atoms with Gasteiger partial charge >= 0.3 is 0 Å². The first-order valence-corrected chi connectivity index (χ1v) is 6.41. The third-order valence-electron chi connectivity index (χ3n) is 3.00. The molecule has 0 fully saturated rings. The molecule has 0 spiro atoms. The van der Waals surface area contributed by atoms with Gasteiger partial charge in [0.15, 0.2) is 0 Å². The zero-order chi connectivity index (χ0) is 12.8. The summed E-state index contributed by atoms with van der Waals surface area (Å²) >= 11 is 0. The molecule has 1 aliphatic heterocycles. The second-order valence-electron chi connectivity index (χ2n) is 4.21. The minimum atomic E-state index is 0.0493. The molecule has 4 nitrogen and oxygen atoms in total. The Bertz CT molecular complexity index is 418. The van der Waals surface area contributed by atoms with Crippen LogP contribution in [-0.2, 0) is 4.74 Å². The summed E-state index contributed by atoms with van der Waals surface area (Å²) in [5.41, 5.74) is 1.07. The molecule has 4 heteroatoms. The van der Waals surface area contributed by atoms with E-state index in [9.17, 15) is 0 Å². The minimum absolute atomic E-state index is 0.0493. The molecule has 2 rings (SSSR count). The summed E-state index contributed by atoms with van der Waals surface area (Å²) in [4.78, 5) is 4.09. The summed E-state index contributed by atoms with van der Waals surface area (Å²) < 4.78 is 11.1. The van der Waals surface area contributed by atoms with Crippen LogP contribution in [0.2, 0.25) is 0 Å². The zero-order valence-corrected chi connectivity index (χ0v) is 11.0. The maximum Gasteiger partial charge on any atom is 0.142 e. The van der Waals surface area contributed by atoms with E-state index in [0.717, 1.165) is 43.1 Å². The molecule has 1 N–H and O–H groups in total. The van der Waals surface area contributed by atoms with Gasteiger partial charge in [-0.15, -0.1) is 0 Å². The highest BCUT2D eigenvalue weighted by atomic mass is 16.5. The summed E-state index contributed by atoms with van der Waals surface area (Å²) in [6.07, 6.45) is 7.85. The molecule has 1 aromatic heterocycles. The first-order chi connectivity index (χ1) is 8.86. The smallest absolute Gasteiger partial charge is 0.142 e. The number of likely N-dealkylation sites (N-methyl/N-ethyl adjacent to an activating group) is 1. The maximum atomic E-state index is 5.77. The molecule has 1 aromatic rings. The van der Waals surface area contributed by atoms with Gasteiger partial charge in [-0.1, -0.05) is 6.92 Å². The van der Waals surface area contributed by atoms with Crippen molar-refractivity contribution in [2.75, 3.05) is 20.3 Å². The number of aromatic nitrogens is 1. The van der Waals surface area contributed by atoms with E-state index >= 15 is 0 Å². The third kappa shape index (κ3) is 2.82. The molecule has 2 heterocycles. The van der Waals surface area contributed by atoms with Crippen LogP contribution in [0.3, 0.4) is 0 Å². The van der Waals surface area contributed by atoms with Gasteiger partial charge in [-0.2, -0.15) is 0 Å². The fourth-order valence-electron chi connectivity index (χ4n) is 2.15. The molecule has 1 unspecified atom stereocenters. The van der Waals surface area contributed by atoms with Crippen molar-refractivity contribution >= 4 is 0 Å². The first-order valence-electron chi connectivity index (χ1n) is 6.41. The molecule has 18 heavy (non-hydrogen) atoms. The van der Waals surface area contributed by atoms with Crippen LogP contribution in [0.4, 0.5) is 0 Å². The molecular formula is C14H20N2O2. The quantitative estimate of drug-likeness (QED) is 0.869. The van der Waals surface area contributed by atoms with Gasteiger partial charge in [0.2, 0.25) is 0 Å². The Morgan fingerprint density at radius 2 is 2.44 bits per heavy atom. The summed E-state index contributed by atoms with van der Waals surface area (Å²) in [7, 11) is 1.67. The third-order valence-corrected chi connectivity index (χ3v) is 3.00. The van der Waals surface area contributed by atoms with Crippen molar-refractivity contribution in [1.29, 1.82) is 0 Å². The van der Waals surface area contributed by atoms with Gasteiger partial charge in [0.25, 0.3) is 0 Å². The highest BCUT2D eigenvalue weighted by Gasteiger charge is 2.22. The first kappa shape index (κ1) is 12.9.